The molecule has 0 saturated heterocycles. The van der Waals surface area contributed by atoms with Gasteiger partial charge < -0.3 is 29.6 Å². The van der Waals surface area contributed by atoms with Crippen molar-refractivity contribution in [2.75, 3.05) is 28.4 Å². The van der Waals surface area contributed by atoms with Gasteiger partial charge in [0.1, 0.15) is 0 Å². The summed E-state index contributed by atoms with van der Waals surface area (Å²) in [5, 5.41) is 6.04. The first-order chi connectivity index (χ1) is 15.1. The van der Waals surface area contributed by atoms with E-state index in [1.54, 1.807) is 28.4 Å². The Morgan fingerprint density at radius 2 is 1.55 bits per heavy atom. The molecule has 1 unspecified atom stereocenters. The molecule has 2 aliphatic rings. The molecule has 0 aromatic heterocycles. The molecule has 7 nitrogen and oxygen atoms in total. The summed E-state index contributed by atoms with van der Waals surface area (Å²) in [6, 6.07) is 10.9. The summed E-state index contributed by atoms with van der Waals surface area (Å²) < 4.78 is 22.0. The minimum absolute atomic E-state index is 0.251. The predicted octanol–water partition coefficient (Wildman–Crippen LogP) is 4.21. The van der Waals surface area contributed by atoms with Crippen LogP contribution in [0.1, 0.15) is 30.0 Å². The molecule has 2 aromatic carbocycles. The molecule has 0 fully saturated rings. The molecule has 2 N–H and O–H groups in total. The van der Waals surface area contributed by atoms with Crippen molar-refractivity contribution in [1.82, 2.24) is 10.6 Å². The summed E-state index contributed by atoms with van der Waals surface area (Å²) in [6.45, 7) is 0. The van der Waals surface area contributed by atoms with Crippen LogP contribution in [0.15, 0.2) is 53.2 Å². The standard InChI is InChI=1S/C24H26N2O5/c1-28-18-9-5-7-15(22(18)30-3)13-14-11-12-16-20(14)25-24(27)26-21(16)17-8-6-10-19(29-2)23(17)31-4/h5-10,13,21H,11-12H2,1-4H3,(H2,25,26,27)/b14-13+. The van der Waals surface area contributed by atoms with Gasteiger partial charge in [0.25, 0.3) is 0 Å². The van der Waals surface area contributed by atoms with E-state index in [2.05, 4.69) is 16.7 Å². The molecule has 162 valence electrons. The van der Waals surface area contributed by atoms with Crippen LogP contribution in [0, 0.1) is 0 Å². The fraction of sp³-hybridized carbons (Fsp3) is 0.292. The Bertz CT molecular complexity index is 1070. The fourth-order valence-electron chi connectivity index (χ4n) is 4.31. The van der Waals surface area contributed by atoms with Crippen molar-refractivity contribution < 1.29 is 23.7 Å². The van der Waals surface area contributed by atoms with Crippen molar-refractivity contribution >= 4 is 12.1 Å². The number of urea groups is 1. The second-order valence-corrected chi connectivity index (χ2v) is 7.27. The number of hydrogen-bond donors (Lipinski definition) is 2. The lowest BCUT2D eigenvalue weighted by Crippen LogP contribution is -2.43. The van der Waals surface area contributed by atoms with Crippen LogP contribution >= 0.6 is 0 Å². The largest absolute Gasteiger partial charge is 0.493 e. The van der Waals surface area contributed by atoms with Crippen LogP contribution in [0.4, 0.5) is 4.79 Å². The molecule has 1 heterocycles. The Morgan fingerprint density at radius 3 is 2.23 bits per heavy atom. The van der Waals surface area contributed by atoms with Gasteiger partial charge in [0.15, 0.2) is 23.0 Å². The molecule has 0 radical (unpaired) electrons. The fourth-order valence-corrected chi connectivity index (χ4v) is 4.31. The van der Waals surface area contributed by atoms with Crippen LogP contribution in [-0.4, -0.2) is 34.5 Å². The van der Waals surface area contributed by atoms with Gasteiger partial charge in [-0.2, -0.15) is 0 Å². The number of para-hydroxylation sites is 2. The normalized spacial score (nSPS) is 18.9. The molecule has 0 saturated carbocycles. The number of methoxy groups -OCH3 is 4. The number of carbonyl (C=O) groups excluding carboxylic acids is 1. The number of benzene rings is 2. The first-order valence-corrected chi connectivity index (χ1v) is 10.0. The molecule has 2 aromatic rings. The second kappa shape index (κ2) is 8.63. The van der Waals surface area contributed by atoms with Crippen molar-refractivity contribution in [3.8, 4) is 23.0 Å². The molecule has 0 bridgehead atoms. The number of allylic oxidation sites excluding steroid dienone is 1. The summed E-state index contributed by atoms with van der Waals surface area (Å²) in [5.74, 6) is 2.58. The highest BCUT2D eigenvalue weighted by molar-refractivity contribution is 5.83. The Labute approximate surface area is 181 Å². The van der Waals surface area contributed by atoms with Gasteiger partial charge in [0, 0.05) is 16.8 Å². The molecule has 7 heteroatoms. The molecule has 4 rings (SSSR count). The van der Waals surface area contributed by atoms with E-state index in [-0.39, 0.29) is 12.1 Å². The van der Waals surface area contributed by atoms with E-state index in [9.17, 15) is 4.79 Å². The quantitative estimate of drug-likeness (QED) is 0.729. The van der Waals surface area contributed by atoms with Crippen molar-refractivity contribution in [2.24, 2.45) is 0 Å². The number of nitrogens with one attached hydrogen (secondary N) is 2. The number of amides is 2. The summed E-state index contributed by atoms with van der Waals surface area (Å²) in [6.07, 6.45) is 3.66. The zero-order valence-corrected chi connectivity index (χ0v) is 18.1. The van der Waals surface area contributed by atoms with E-state index < -0.39 is 0 Å². The second-order valence-electron chi connectivity index (χ2n) is 7.27. The lowest BCUT2D eigenvalue weighted by atomic mass is 9.94. The highest BCUT2D eigenvalue weighted by Crippen LogP contribution is 2.45. The van der Waals surface area contributed by atoms with E-state index in [0.29, 0.717) is 23.0 Å². The van der Waals surface area contributed by atoms with E-state index >= 15 is 0 Å². The van der Waals surface area contributed by atoms with Gasteiger partial charge in [-0.25, -0.2) is 4.79 Å². The van der Waals surface area contributed by atoms with E-state index in [1.807, 2.05) is 36.4 Å². The van der Waals surface area contributed by atoms with Gasteiger partial charge >= 0.3 is 6.03 Å². The van der Waals surface area contributed by atoms with Crippen LogP contribution in [0.25, 0.3) is 6.08 Å². The van der Waals surface area contributed by atoms with Gasteiger partial charge in [0.05, 0.1) is 34.5 Å². The van der Waals surface area contributed by atoms with Crippen LogP contribution in [-0.2, 0) is 0 Å². The van der Waals surface area contributed by atoms with Gasteiger partial charge in [-0.05, 0) is 42.2 Å². The Hall–Kier alpha value is -3.61. The molecular weight excluding hydrogens is 396 g/mol. The Balaban J connectivity index is 1.79. The number of hydrogen-bond acceptors (Lipinski definition) is 5. The molecule has 31 heavy (non-hydrogen) atoms. The summed E-state index contributed by atoms with van der Waals surface area (Å²) in [7, 11) is 6.45. The van der Waals surface area contributed by atoms with Gasteiger partial charge in [-0.1, -0.05) is 24.3 Å². The third-order valence-corrected chi connectivity index (χ3v) is 5.68. The molecule has 1 aliphatic carbocycles. The molecule has 1 atom stereocenters. The third-order valence-electron chi connectivity index (χ3n) is 5.68. The summed E-state index contributed by atoms with van der Waals surface area (Å²) in [4.78, 5) is 12.6. The monoisotopic (exact) mass is 422 g/mol. The van der Waals surface area contributed by atoms with Gasteiger partial charge in [-0.3, -0.25) is 0 Å². The lowest BCUT2D eigenvalue weighted by molar-refractivity contribution is 0.238. The number of ether oxygens (including phenoxy) is 4. The first-order valence-electron chi connectivity index (χ1n) is 10.0. The van der Waals surface area contributed by atoms with Crippen LogP contribution < -0.4 is 29.6 Å². The zero-order valence-electron chi connectivity index (χ0n) is 18.1. The van der Waals surface area contributed by atoms with E-state index in [1.165, 1.54) is 0 Å². The average molecular weight is 422 g/mol. The predicted molar refractivity (Wildman–Crippen MR) is 118 cm³/mol. The molecule has 0 spiro atoms. The summed E-state index contributed by atoms with van der Waals surface area (Å²) in [5.41, 5.74) is 4.77. The Morgan fingerprint density at radius 1 is 0.871 bits per heavy atom. The minimum atomic E-state index is -0.299. The maximum absolute atomic E-state index is 12.6. The molecule has 2 amide bonds. The lowest BCUT2D eigenvalue weighted by Gasteiger charge is -2.29. The first kappa shape index (κ1) is 20.7. The van der Waals surface area contributed by atoms with Gasteiger partial charge in [-0.15, -0.1) is 0 Å². The third kappa shape index (κ3) is 3.67. The topological polar surface area (TPSA) is 78.1 Å². The highest BCUT2D eigenvalue weighted by atomic mass is 16.5. The molecular formula is C24H26N2O5. The highest BCUT2D eigenvalue weighted by Gasteiger charge is 2.35. The smallest absolute Gasteiger partial charge is 0.319 e. The van der Waals surface area contributed by atoms with E-state index in [4.69, 9.17) is 18.9 Å². The van der Waals surface area contributed by atoms with Crippen molar-refractivity contribution in [1.29, 1.82) is 0 Å². The average Bonchev–Trinajstić information content (AvgIpc) is 3.19. The van der Waals surface area contributed by atoms with Gasteiger partial charge in [0.2, 0.25) is 0 Å². The van der Waals surface area contributed by atoms with Crippen LogP contribution in [0.2, 0.25) is 0 Å². The summed E-state index contributed by atoms with van der Waals surface area (Å²) >= 11 is 0. The van der Waals surface area contributed by atoms with Crippen LogP contribution in [0.3, 0.4) is 0 Å². The maximum atomic E-state index is 12.6. The van der Waals surface area contributed by atoms with Crippen molar-refractivity contribution in [3.63, 3.8) is 0 Å². The van der Waals surface area contributed by atoms with Crippen molar-refractivity contribution in [2.45, 2.75) is 18.9 Å². The molecule has 1 aliphatic heterocycles. The van der Waals surface area contributed by atoms with E-state index in [0.717, 1.165) is 40.8 Å². The number of carbonyl (C=O) groups is 1. The van der Waals surface area contributed by atoms with Crippen molar-refractivity contribution in [3.05, 3.63) is 64.4 Å². The zero-order chi connectivity index (χ0) is 22.0. The number of rotatable bonds is 6. The SMILES string of the molecule is COc1cccc(/C=C2\CCC3=C2NC(=O)NC3c2cccc(OC)c2OC)c1OC. The Kier molecular flexibility index (Phi) is 5.75. The van der Waals surface area contributed by atoms with Crippen LogP contribution in [0.5, 0.6) is 23.0 Å². The maximum Gasteiger partial charge on any atom is 0.319 e. The minimum Gasteiger partial charge on any atom is -0.493 e.